The van der Waals surface area contributed by atoms with Gasteiger partial charge in [-0.15, -0.1) is 0 Å². The van der Waals surface area contributed by atoms with Crippen LogP contribution >= 0.6 is 0 Å². The van der Waals surface area contributed by atoms with Crippen molar-refractivity contribution >= 4 is 11.8 Å². The Morgan fingerprint density at radius 2 is 1.87 bits per heavy atom. The third-order valence-corrected chi connectivity index (χ3v) is 6.49. The highest BCUT2D eigenvalue weighted by atomic mass is 16.3. The minimum absolute atomic E-state index is 0.107. The maximum Gasteiger partial charge on any atom is 0.191 e. The summed E-state index contributed by atoms with van der Waals surface area (Å²) < 4.78 is 0. The zero-order valence-electron chi connectivity index (χ0n) is 19.5. The molecule has 0 spiro atoms. The van der Waals surface area contributed by atoms with Crippen LogP contribution in [0.5, 0.6) is 0 Å². The Hall–Kier alpha value is -1.86. The normalized spacial score (nSPS) is 16.0. The maximum absolute atomic E-state index is 9.46. The molecule has 0 radical (unpaired) electrons. The first kappa shape index (κ1) is 24.4. The first-order chi connectivity index (χ1) is 14.6. The van der Waals surface area contributed by atoms with Crippen LogP contribution in [-0.2, 0) is 6.54 Å². The van der Waals surface area contributed by atoms with Crippen LogP contribution in [0.2, 0.25) is 0 Å². The summed E-state index contributed by atoms with van der Waals surface area (Å²) in [5, 5.41) is 16.3. The Morgan fingerprint density at radius 1 is 1.13 bits per heavy atom. The van der Waals surface area contributed by atoms with Gasteiger partial charge in [0.25, 0.3) is 0 Å². The van der Waals surface area contributed by atoms with Crippen molar-refractivity contribution in [1.29, 1.82) is 0 Å². The fourth-order valence-electron chi connectivity index (χ4n) is 3.99. The van der Waals surface area contributed by atoms with Gasteiger partial charge in [-0.2, -0.15) is 0 Å². The van der Waals surface area contributed by atoms with E-state index in [1.165, 1.54) is 5.56 Å². The Balaban J connectivity index is 2.00. The Labute approximate surface area is 183 Å². The van der Waals surface area contributed by atoms with Gasteiger partial charge in [0.15, 0.2) is 5.96 Å². The molecule has 7 nitrogen and oxygen atoms in total. The average molecular weight is 419 g/mol. The van der Waals surface area contributed by atoms with Crippen LogP contribution in [0, 0.1) is 5.41 Å². The van der Waals surface area contributed by atoms with Crippen molar-refractivity contribution in [3.63, 3.8) is 0 Å². The molecule has 0 bridgehead atoms. The van der Waals surface area contributed by atoms with E-state index in [4.69, 9.17) is 4.99 Å². The lowest BCUT2D eigenvalue weighted by Gasteiger charge is -2.34. The number of likely N-dealkylation sites (N-methyl/N-ethyl adjacent to an activating group) is 1. The van der Waals surface area contributed by atoms with Gasteiger partial charge in [-0.05, 0) is 55.8 Å². The molecule has 0 amide bonds. The van der Waals surface area contributed by atoms with Crippen molar-refractivity contribution in [1.82, 2.24) is 20.5 Å². The first-order valence-electron chi connectivity index (χ1n) is 11.6. The van der Waals surface area contributed by atoms with E-state index in [1.54, 1.807) is 0 Å². The van der Waals surface area contributed by atoms with E-state index < -0.39 is 0 Å². The molecule has 0 aliphatic carbocycles. The molecular formula is C23H42N6O. The number of rotatable bonds is 11. The number of aromatic nitrogens is 1. The molecule has 0 aromatic carbocycles. The molecule has 1 aromatic rings. The van der Waals surface area contributed by atoms with Crippen LogP contribution in [0.25, 0.3) is 0 Å². The van der Waals surface area contributed by atoms with Gasteiger partial charge in [0.05, 0.1) is 6.54 Å². The van der Waals surface area contributed by atoms with Gasteiger partial charge < -0.3 is 25.5 Å². The van der Waals surface area contributed by atoms with Crippen molar-refractivity contribution in [2.24, 2.45) is 10.4 Å². The van der Waals surface area contributed by atoms with Crippen molar-refractivity contribution in [2.45, 2.75) is 53.5 Å². The molecule has 2 rings (SSSR count). The van der Waals surface area contributed by atoms with Crippen molar-refractivity contribution in [3.8, 4) is 0 Å². The standard InChI is InChI=1S/C23H42N6O/c1-5-23(6-2,10-16-30)19-27-22(24-7-3)26-18-20-9-11-25-21(17-20)29-14-12-28(8-4)13-15-29/h9,11,17,30H,5-8,10,12-16,18-19H2,1-4H3,(H2,24,26,27). The average Bonchev–Trinajstić information content (AvgIpc) is 2.80. The number of aliphatic hydroxyl groups excluding tert-OH is 1. The van der Waals surface area contributed by atoms with Gasteiger partial charge in [-0.3, -0.25) is 0 Å². The van der Waals surface area contributed by atoms with Crippen LogP contribution in [0.15, 0.2) is 23.3 Å². The summed E-state index contributed by atoms with van der Waals surface area (Å²) >= 11 is 0. The number of guanidine groups is 1. The highest BCUT2D eigenvalue weighted by Gasteiger charge is 2.25. The van der Waals surface area contributed by atoms with E-state index >= 15 is 0 Å². The minimum Gasteiger partial charge on any atom is -0.396 e. The smallest absolute Gasteiger partial charge is 0.191 e. The molecule has 1 aromatic heterocycles. The van der Waals surface area contributed by atoms with Gasteiger partial charge in [0.2, 0.25) is 0 Å². The molecule has 0 saturated carbocycles. The predicted molar refractivity (Wildman–Crippen MR) is 126 cm³/mol. The second kappa shape index (κ2) is 12.7. The number of pyridine rings is 1. The summed E-state index contributed by atoms with van der Waals surface area (Å²) in [5.74, 6) is 1.88. The summed E-state index contributed by atoms with van der Waals surface area (Å²) in [7, 11) is 0. The number of hydrogen-bond acceptors (Lipinski definition) is 5. The van der Waals surface area contributed by atoms with Gasteiger partial charge in [-0.1, -0.05) is 20.8 Å². The number of piperazine rings is 1. The number of nitrogens with one attached hydrogen (secondary N) is 2. The molecule has 3 N–H and O–H groups in total. The van der Waals surface area contributed by atoms with Gasteiger partial charge >= 0.3 is 0 Å². The van der Waals surface area contributed by atoms with Crippen LogP contribution in [0.1, 0.15) is 52.5 Å². The van der Waals surface area contributed by atoms with E-state index in [0.29, 0.717) is 6.54 Å². The Bertz CT molecular complexity index is 638. The second-order valence-corrected chi connectivity index (χ2v) is 8.17. The lowest BCUT2D eigenvalue weighted by Crippen LogP contribution is -2.46. The van der Waals surface area contributed by atoms with E-state index in [0.717, 1.165) is 76.9 Å². The van der Waals surface area contributed by atoms with Gasteiger partial charge in [0, 0.05) is 52.1 Å². The van der Waals surface area contributed by atoms with Gasteiger partial charge in [-0.25, -0.2) is 9.98 Å². The molecule has 2 heterocycles. The monoisotopic (exact) mass is 418 g/mol. The number of aliphatic hydroxyl groups is 1. The summed E-state index contributed by atoms with van der Waals surface area (Å²) in [5.41, 5.74) is 1.28. The summed E-state index contributed by atoms with van der Waals surface area (Å²) in [4.78, 5) is 14.2. The number of aliphatic imine (C=N–C) groups is 1. The molecule has 170 valence electrons. The molecule has 0 atom stereocenters. The van der Waals surface area contributed by atoms with Crippen LogP contribution in [0.3, 0.4) is 0 Å². The lowest BCUT2D eigenvalue weighted by atomic mass is 9.79. The fraction of sp³-hybridized carbons (Fsp3) is 0.739. The Morgan fingerprint density at radius 3 is 2.47 bits per heavy atom. The molecule has 0 unspecified atom stereocenters. The molecular weight excluding hydrogens is 376 g/mol. The largest absolute Gasteiger partial charge is 0.396 e. The van der Waals surface area contributed by atoms with E-state index in [1.807, 2.05) is 12.3 Å². The highest BCUT2D eigenvalue weighted by Crippen LogP contribution is 2.29. The molecule has 1 aliphatic rings. The number of hydrogen-bond donors (Lipinski definition) is 3. The SMILES string of the molecule is CCNC(=NCc1ccnc(N2CCN(CC)CC2)c1)NCC(CC)(CC)CCO. The second-order valence-electron chi connectivity index (χ2n) is 8.17. The topological polar surface area (TPSA) is 76.0 Å². The van der Waals surface area contributed by atoms with E-state index in [9.17, 15) is 5.11 Å². The summed E-state index contributed by atoms with van der Waals surface area (Å²) in [6.45, 7) is 16.5. The Kier molecular flexibility index (Phi) is 10.4. The molecule has 1 aliphatic heterocycles. The van der Waals surface area contributed by atoms with Gasteiger partial charge in [0.1, 0.15) is 5.82 Å². The van der Waals surface area contributed by atoms with E-state index in [-0.39, 0.29) is 12.0 Å². The van der Waals surface area contributed by atoms with Crippen LogP contribution < -0.4 is 15.5 Å². The molecule has 1 fully saturated rings. The maximum atomic E-state index is 9.46. The van der Waals surface area contributed by atoms with Crippen molar-refractivity contribution in [3.05, 3.63) is 23.9 Å². The van der Waals surface area contributed by atoms with Crippen LogP contribution in [-0.4, -0.2) is 73.4 Å². The van der Waals surface area contributed by atoms with Crippen LogP contribution in [0.4, 0.5) is 5.82 Å². The fourth-order valence-corrected chi connectivity index (χ4v) is 3.99. The molecule has 30 heavy (non-hydrogen) atoms. The van der Waals surface area contributed by atoms with Crippen molar-refractivity contribution < 1.29 is 5.11 Å². The number of anilines is 1. The molecule has 7 heteroatoms. The summed E-state index contributed by atoms with van der Waals surface area (Å²) in [6, 6.07) is 4.22. The number of nitrogens with zero attached hydrogens (tertiary/aromatic N) is 4. The highest BCUT2D eigenvalue weighted by molar-refractivity contribution is 5.79. The predicted octanol–water partition coefficient (Wildman–Crippen LogP) is 2.47. The third-order valence-electron chi connectivity index (χ3n) is 6.49. The first-order valence-corrected chi connectivity index (χ1v) is 11.6. The quantitative estimate of drug-likeness (QED) is 0.379. The zero-order valence-corrected chi connectivity index (χ0v) is 19.5. The summed E-state index contributed by atoms with van der Waals surface area (Å²) in [6.07, 6.45) is 4.78. The lowest BCUT2D eigenvalue weighted by molar-refractivity contribution is 0.169. The molecule has 1 saturated heterocycles. The third kappa shape index (κ3) is 7.13. The zero-order chi connectivity index (χ0) is 21.8. The minimum atomic E-state index is 0.107. The van der Waals surface area contributed by atoms with Crippen molar-refractivity contribution in [2.75, 3.05) is 57.3 Å². The van der Waals surface area contributed by atoms with E-state index in [2.05, 4.69) is 59.2 Å².